The number of hydrogen-bond donors (Lipinski definition) is 3. The van der Waals surface area contributed by atoms with Gasteiger partial charge in [0.15, 0.2) is 0 Å². The monoisotopic (exact) mass is 389 g/mol. The van der Waals surface area contributed by atoms with Crippen molar-refractivity contribution in [3.63, 3.8) is 0 Å². The predicted octanol–water partition coefficient (Wildman–Crippen LogP) is 1.81. The van der Waals surface area contributed by atoms with Crippen LogP contribution in [0.4, 0.5) is 5.69 Å². The van der Waals surface area contributed by atoms with Crippen LogP contribution < -0.4 is 15.8 Å². The van der Waals surface area contributed by atoms with Gasteiger partial charge >= 0.3 is 0 Å². The Bertz CT molecular complexity index is 663. The molecule has 0 saturated heterocycles. The van der Waals surface area contributed by atoms with Gasteiger partial charge < -0.3 is 11.1 Å². The number of nitrogens with one attached hydrogen (secondary N) is 2. The highest BCUT2D eigenvalue weighted by Gasteiger charge is 2.30. The van der Waals surface area contributed by atoms with Crippen molar-refractivity contribution in [2.45, 2.75) is 37.1 Å². The van der Waals surface area contributed by atoms with E-state index in [0.29, 0.717) is 16.7 Å². The Hall–Kier alpha value is -0.960. The van der Waals surface area contributed by atoms with E-state index in [0.717, 1.165) is 19.3 Å². The van der Waals surface area contributed by atoms with Crippen LogP contribution in [0.3, 0.4) is 0 Å². The second kappa shape index (κ2) is 7.08. The number of nitrogens with two attached hydrogens (primary N) is 1. The van der Waals surface area contributed by atoms with Gasteiger partial charge in [-0.2, -0.15) is 0 Å². The Balaban J connectivity index is 2.19. The van der Waals surface area contributed by atoms with Gasteiger partial charge in [-0.1, -0.05) is 6.42 Å². The van der Waals surface area contributed by atoms with Gasteiger partial charge in [0.1, 0.15) is 0 Å². The summed E-state index contributed by atoms with van der Waals surface area (Å²) in [4.78, 5) is 11.2. The Labute approximate surface area is 139 Å². The number of rotatable bonds is 5. The Morgan fingerprint density at radius 1 is 1.41 bits per heavy atom. The van der Waals surface area contributed by atoms with Gasteiger partial charge in [-0.25, -0.2) is 13.1 Å². The van der Waals surface area contributed by atoms with Gasteiger partial charge in [0.05, 0.1) is 10.6 Å². The quantitative estimate of drug-likeness (QED) is 0.714. The molecular weight excluding hydrogens is 370 g/mol. The van der Waals surface area contributed by atoms with Crippen molar-refractivity contribution in [2.24, 2.45) is 11.7 Å². The number of benzene rings is 1. The maximum atomic E-state index is 12.5. The van der Waals surface area contributed by atoms with E-state index in [9.17, 15) is 13.2 Å². The molecule has 22 heavy (non-hydrogen) atoms. The molecule has 8 heteroatoms. The fourth-order valence-corrected chi connectivity index (χ4v) is 4.69. The zero-order valence-corrected chi connectivity index (χ0v) is 14.7. The van der Waals surface area contributed by atoms with Crippen molar-refractivity contribution < 1.29 is 13.2 Å². The van der Waals surface area contributed by atoms with Crippen molar-refractivity contribution in [1.82, 2.24) is 4.72 Å². The molecule has 2 atom stereocenters. The highest BCUT2D eigenvalue weighted by atomic mass is 79.9. The molecule has 1 aliphatic carbocycles. The highest BCUT2D eigenvalue weighted by Crippen LogP contribution is 2.28. The van der Waals surface area contributed by atoms with E-state index in [1.807, 2.05) is 0 Å². The summed E-state index contributed by atoms with van der Waals surface area (Å²) in [7, 11) is -3.60. The zero-order chi connectivity index (χ0) is 16.3. The largest absolute Gasteiger partial charge is 0.330 e. The molecule has 6 nitrogen and oxygen atoms in total. The number of amides is 1. The van der Waals surface area contributed by atoms with Crippen LogP contribution in [0.1, 0.15) is 26.2 Å². The number of halogens is 1. The minimum atomic E-state index is -3.60. The number of hydrogen-bond acceptors (Lipinski definition) is 4. The van der Waals surface area contributed by atoms with Crippen LogP contribution in [0.15, 0.2) is 27.6 Å². The second-order valence-electron chi connectivity index (χ2n) is 5.48. The van der Waals surface area contributed by atoms with Crippen LogP contribution in [0.5, 0.6) is 0 Å². The van der Waals surface area contributed by atoms with E-state index in [1.165, 1.54) is 19.1 Å². The highest BCUT2D eigenvalue weighted by molar-refractivity contribution is 9.10. The number of anilines is 1. The molecule has 2 rings (SSSR count). The van der Waals surface area contributed by atoms with Crippen LogP contribution in [0.2, 0.25) is 0 Å². The molecule has 1 aliphatic rings. The summed E-state index contributed by atoms with van der Waals surface area (Å²) in [6.07, 6.45) is 2.75. The first-order valence-electron chi connectivity index (χ1n) is 7.13. The van der Waals surface area contributed by atoms with Gasteiger partial charge in [0.2, 0.25) is 15.9 Å². The van der Waals surface area contributed by atoms with Crippen molar-refractivity contribution in [2.75, 3.05) is 11.9 Å². The molecule has 1 saturated carbocycles. The second-order valence-corrected chi connectivity index (χ2v) is 8.05. The summed E-state index contributed by atoms with van der Waals surface area (Å²) in [5, 5.41) is 2.62. The first-order valence-corrected chi connectivity index (χ1v) is 9.40. The molecule has 0 aromatic heterocycles. The number of sulfonamides is 1. The van der Waals surface area contributed by atoms with E-state index in [-0.39, 0.29) is 22.8 Å². The van der Waals surface area contributed by atoms with Gasteiger partial charge in [-0.15, -0.1) is 0 Å². The zero-order valence-electron chi connectivity index (χ0n) is 12.3. The Morgan fingerprint density at radius 2 is 2.14 bits per heavy atom. The molecular formula is C14H20BrN3O3S. The topological polar surface area (TPSA) is 101 Å². The minimum absolute atomic E-state index is 0.108. The third kappa shape index (κ3) is 4.07. The van der Waals surface area contributed by atoms with Gasteiger partial charge in [0.25, 0.3) is 0 Å². The van der Waals surface area contributed by atoms with Gasteiger partial charge in [-0.3, -0.25) is 4.79 Å². The lowest BCUT2D eigenvalue weighted by molar-refractivity contribution is -0.114. The lowest BCUT2D eigenvalue weighted by atomic mass is 10.1. The predicted molar refractivity (Wildman–Crippen MR) is 89.0 cm³/mol. The van der Waals surface area contributed by atoms with E-state index < -0.39 is 10.0 Å². The molecule has 1 amide bonds. The molecule has 4 N–H and O–H groups in total. The summed E-state index contributed by atoms with van der Waals surface area (Å²) in [5.41, 5.74) is 6.22. The standard InChI is InChI=1S/C14H20BrN3O3S/c1-9(19)17-14-6-5-11(7-12(14)15)22(20,21)18-13-4-2-3-10(13)8-16/h5-7,10,13,18H,2-4,8,16H2,1H3,(H,17,19). The molecule has 1 fully saturated rings. The third-order valence-electron chi connectivity index (χ3n) is 3.83. The van der Waals surface area contributed by atoms with Crippen LogP contribution >= 0.6 is 15.9 Å². The fourth-order valence-electron chi connectivity index (χ4n) is 2.70. The normalized spacial score (nSPS) is 21.8. The average Bonchev–Trinajstić information content (AvgIpc) is 2.87. The van der Waals surface area contributed by atoms with E-state index in [4.69, 9.17) is 5.73 Å². The Morgan fingerprint density at radius 3 is 2.73 bits per heavy atom. The smallest absolute Gasteiger partial charge is 0.240 e. The summed E-state index contributed by atoms with van der Waals surface area (Å²) >= 11 is 3.28. The summed E-state index contributed by atoms with van der Waals surface area (Å²) < 4.78 is 28.2. The van der Waals surface area contributed by atoms with Crippen LogP contribution in [-0.2, 0) is 14.8 Å². The number of carbonyl (C=O) groups is 1. The van der Waals surface area contributed by atoms with Crippen molar-refractivity contribution >= 4 is 37.5 Å². The lowest BCUT2D eigenvalue weighted by Crippen LogP contribution is -2.39. The third-order valence-corrected chi connectivity index (χ3v) is 5.97. The van der Waals surface area contributed by atoms with Crippen molar-refractivity contribution in [1.29, 1.82) is 0 Å². The molecule has 1 aromatic rings. The molecule has 0 heterocycles. The van der Waals surface area contributed by atoms with E-state index in [2.05, 4.69) is 26.0 Å². The van der Waals surface area contributed by atoms with Crippen LogP contribution in [0.25, 0.3) is 0 Å². The van der Waals surface area contributed by atoms with Gasteiger partial charge in [0, 0.05) is 17.4 Å². The Kier molecular flexibility index (Phi) is 5.60. The average molecular weight is 390 g/mol. The van der Waals surface area contributed by atoms with Crippen LogP contribution in [0, 0.1) is 5.92 Å². The molecule has 2 unspecified atom stereocenters. The lowest BCUT2D eigenvalue weighted by Gasteiger charge is -2.19. The first-order chi connectivity index (χ1) is 10.3. The molecule has 0 radical (unpaired) electrons. The van der Waals surface area contributed by atoms with Crippen LogP contribution in [-0.4, -0.2) is 26.9 Å². The van der Waals surface area contributed by atoms with Gasteiger partial charge in [-0.05, 0) is 59.4 Å². The molecule has 1 aromatic carbocycles. The minimum Gasteiger partial charge on any atom is -0.330 e. The molecule has 0 bridgehead atoms. The molecule has 0 aliphatic heterocycles. The van der Waals surface area contributed by atoms with E-state index in [1.54, 1.807) is 6.07 Å². The number of carbonyl (C=O) groups excluding carboxylic acids is 1. The molecule has 122 valence electrons. The SMILES string of the molecule is CC(=O)Nc1ccc(S(=O)(=O)NC2CCCC2CN)cc1Br. The van der Waals surface area contributed by atoms with Crippen molar-refractivity contribution in [3.05, 3.63) is 22.7 Å². The summed E-state index contributed by atoms with van der Waals surface area (Å²) in [6.45, 7) is 1.88. The molecule has 0 spiro atoms. The first kappa shape index (κ1) is 17.4. The maximum absolute atomic E-state index is 12.5. The summed E-state index contributed by atoms with van der Waals surface area (Å²) in [5.74, 6) is -0.0250. The maximum Gasteiger partial charge on any atom is 0.240 e. The van der Waals surface area contributed by atoms with E-state index >= 15 is 0 Å². The van der Waals surface area contributed by atoms with Crippen molar-refractivity contribution in [3.8, 4) is 0 Å². The summed E-state index contributed by atoms with van der Waals surface area (Å²) in [6, 6.07) is 4.42. The fraction of sp³-hybridized carbons (Fsp3) is 0.500.